The number of halogens is 2. The van der Waals surface area contributed by atoms with Gasteiger partial charge >= 0.3 is 6.03 Å². The highest BCUT2D eigenvalue weighted by molar-refractivity contribution is 6.11. The van der Waals surface area contributed by atoms with Gasteiger partial charge in [-0.2, -0.15) is 0 Å². The second-order valence-corrected chi connectivity index (χ2v) is 7.24. The molecule has 1 atom stereocenters. The fraction of sp³-hybridized carbons (Fsp3) is 0.273. The van der Waals surface area contributed by atoms with Gasteiger partial charge in [0.15, 0.2) is 5.78 Å². The first kappa shape index (κ1) is 24.1. The number of nitrogens with two attached hydrogens (primary N) is 1. The standard InChI is InChI=1S/C22H23FN3O4.ClH/c1-13-4-9-17(27)18(19(13)23)20(28)14-5-7-15(8-6-14)21(29)25-16-3-2-11-26(12-10-16)22(24)30;/h4-10,16,27H,2-3,11-12H2,1H3,(H2,24,30)(H,25,29);1H/t16-;/m0./s1. The van der Waals surface area contributed by atoms with Crippen LogP contribution in [0.3, 0.4) is 0 Å². The summed E-state index contributed by atoms with van der Waals surface area (Å²) in [6.07, 6.45) is 3.22. The average Bonchev–Trinajstić information content (AvgIpc) is 2.97. The minimum absolute atomic E-state index is 0. The number of rotatable bonds is 4. The van der Waals surface area contributed by atoms with Crippen LogP contribution in [0, 0.1) is 19.2 Å². The third kappa shape index (κ3) is 5.52. The van der Waals surface area contributed by atoms with Crippen molar-refractivity contribution in [3.8, 4) is 5.75 Å². The molecule has 31 heavy (non-hydrogen) atoms. The van der Waals surface area contributed by atoms with Crippen molar-refractivity contribution in [2.24, 2.45) is 5.73 Å². The Labute approximate surface area is 185 Å². The van der Waals surface area contributed by atoms with Crippen molar-refractivity contribution in [1.29, 1.82) is 0 Å². The number of carbonyl (C=O) groups is 3. The molecule has 0 bridgehead atoms. The largest absolute Gasteiger partial charge is 0.507 e. The Hall–Kier alpha value is -3.13. The van der Waals surface area contributed by atoms with Gasteiger partial charge in [-0.25, -0.2) is 9.18 Å². The van der Waals surface area contributed by atoms with Gasteiger partial charge in [0.25, 0.3) is 5.91 Å². The lowest BCUT2D eigenvalue weighted by molar-refractivity contribution is 0.0939. The van der Waals surface area contributed by atoms with Crippen molar-refractivity contribution in [3.05, 3.63) is 70.9 Å². The quantitative estimate of drug-likeness (QED) is 0.624. The summed E-state index contributed by atoms with van der Waals surface area (Å²) in [5.41, 5.74) is 5.65. The number of carbonyl (C=O) groups excluding carboxylic acids is 3. The number of hydrogen-bond donors (Lipinski definition) is 3. The molecule has 7 nitrogen and oxygen atoms in total. The summed E-state index contributed by atoms with van der Waals surface area (Å²) in [6.45, 7) is 2.41. The summed E-state index contributed by atoms with van der Waals surface area (Å²) >= 11 is 0. The molecule has 0 spiro atoms. The number of urea groups is 1. The number of benzene rings is 2. The average molecular weight is 449 g/mol. The summed E-state index contributed by atoms with van der Waals surface area (Å²) in [5, 5.41) is 12.8. The third-order valence-electron chi connectivity index (χ3n) is 5.13. The van der Waals surface area contributed by atoms with Gasteiger partial charge in [-0.1, -0.05) is 18.2 Å². The van der Waals surface area contributed by atoms with Gasteiger partial charge in [0, 0.05) is 36.7 Å². The van der Waals surface area contributed by atoms with Gasteiger partial charge in [0.05, 0.1) is 0 Å². The molecule has 1 aliphatic heterocycles. The lowest BCUT2D eigenvalue weighted by atomic mass is 9.98. The van der Waals surface area contributed by atoms with E-state index in [1.165, 1.54) is 48.2 Å². The number of nitrogens with one attached hydrogen (secondary N) is 1. The number of primary amides is 1. The van der Waals surface area contributed by atoms with E-state index in [2.05, 4.69) is 5.32 Å². The maximum absolute atomic E-state index is 14.3. The Kier molecular flexibility index (Phi) is 7.99. The number of ketones is 1. The summed E-state index contributed by atoms with van der Waals surface area (Å²) in [5.74, 6) is -2.19. The molecule has 3 amide bonds. The van der Waals surface area contributed by atoms with Crippen molar-refractivity contribution < 1.29 is 23.9 Å². The number of aromatic hydroxyl groups is 1. The molecular weight excluding hydrogens is 425 g/mol. The monoisotopic (exact) mass is 448 g/mol. The maximum atomic E-state index is 14.3. The fourth-order valence-corrected chi connectivity index (χ4v) is 3.35. The number of nitrogens with zero attached hydrogens (tertiary/aromatic N) is 1. The van der Waals surface area contributed by atoms with E-state index in [1.54, 1.807) is 0 Å². The molecular formula is C22H24ClFN3O4. The van der Waals surface area contributed by atoms with E-state index >= 15 is 0 Å². The SMILES string of the molecule is Cc1ccc(O)c(C(=O)c2ccc(C(=O)N[C@@H]3[CH]CN(C(N)=O)CCC3)cc2)c1F.Cl. The van der Waals surface area contributed by atoms with E-state index in [4.69, 9.17) is 5.73 Å². The molecule has 1 saturated heterocycles. The zero-order chi connectivity index (χ0) is 21.8. The van der Waals surface area contributed by atoms with Gasteiger partial charge in [-0.05, 0) is 43.5 Å². The van der Waals surface area contributed by atoms with Gasteiger partial charge in [0.1, 0.15) is 17.1 Å². The second kappa shape index (κ2) is 10.3. The van der Waals surface area contributed by atoms with Gasteiger partial charge in [-0.3, -0.25) is 9.59 Å². The Balaban J connectivity index is 0.00000341. The van der Waals surface area contributed by atoms with Crippen molar-refractivity contribution >= 4 is 30.1 Å². The van der Waals surface area contributed by atoms with Crippen LogP contribution in [0.1, 0.15) is 44.7 Å². The molecule has 4 N–H and O–H groups in total. The first-order valence-corrected chi connectivity index (χ1v) is 9.59. The van der Waals surface area contributed by atoms with Gasteiger partial charge < -0.3 is 21.1 Å². The molecule has 0 aromatic heterocycles. The van der Waals surface area contributed by atoms with Crippen LogP contribution in [0.2, 0.25) is 0 Å². The van der Waals surface area contributed by atoms with Crippen molar-refractivity contribution in [2.45, 2.75) is 25.8 Å². The highest BCUT2D eigenvalue weighted by atomic mass is 35.5. The molecule has 2 aromatic rings. The van der Waals surface area contributed by atoms with Crippen molar-refractivity contribution in [3.63, 3.8) is 0 Å². The molecule has 3 rings (SSSR count). The molecule has 165 valence electrons. The van der Waals surface area contributed by atoms with E-state index < -0.39 is 23.4 Å². The predicted molar refractivity (Wildman–Crippen MR) is 116 cm³/mol. The van der Waals surface area contributed by atoms with Crippen LogP contribution in [-0.4, -0.2) is 46.9 Å². The zero-order valence-electron chi connectivity index (χ0n) is 16.9. The summed E-state index contributed by atoms with van der Waals surface area (Å²) in [4.78, 5) is 37.9. The van der Waals surface area contributed by atoms with Crippen LogP contribution in [0.5, 0.6) is 5.75 Å². The summed E-state index contributed by atoms with van der Waals surface area (Å²) in [6, 6.07) is 7.75. The van der Waals surface area contributed by atoms with Crippen LogP contribution in [-0.2, 0) is 0 Å². The first-order chi connectivity index (χ1) is 14.3. The van der Waals surface area contributed by atoms with Gasteiger partial charge in [-0.15, -0.1) is 12.4 Å². The number of phenolic OH excluding ortho intramolecular Hbond substituents is 1. The minimum atomic E-state index is -0.768. The van der Waals surface area contributed by atoms with Crippen molar-refractivity contribution in [2.75, 3.05) is 13.1 Å². The summed E-state index contributed by atoms with van der Waals surface area (Å²) in [7, 11) is 0. The molecule has 9 heteroatoms. The van der Waals surface area contributed by atoms with Crippen LogP contribution in [0.15, 0.2) is 36.4 Å². The lowest BCUT2D eigenvalue weighted by Crippen LogP contribution is -2.39. The fourth-order valence-electron chi connectivity index (χ4n) is 3.35. The van der Waals surface area contributed by atoms with Crippen molar-refractivity contribution in [1.82, 2.24) is 10.2 Å². The Morgan fingerprint density at radius 1 is 1.13 bits per heavy atom. The Morgan fingerprint density at radius 3 is 2.42 bits per heavy atom. The smallest absolute Gasteiger partial charge is 0.314 e. The lowest BCUT2D eigenvalue weighted by Gasteiger charge is -2.18. The Bertz CT molecular complexity index is 981. The van der Waals surface area contributed by atoms with Crippen LogP contribution >= 0.6 is 12.4 Å². The van der Waals surface area contributed by atoms with E-state index in [0.717, 1.165) is 0 Å². The van der Waals surface area contributed by atoms with Crippen LogP contribution < -0.4 is 11.1 Å². The van der Waals surface area contributed by atoms with Crippen LogP contribution in [0.25, 0.3) is 0 Å². The number of phenols is 1. The minimum Gasteiger partial charge on any atom is -0.507 e. The highest BCUT2D eigenvalue weighted by Crippen LogP contribution is 2.26. The molecule has 2 aromatic carbocycles. The number of amides is 3. The third-order valence-corrected chi connectivity index (χ3v) is 5.13. The van der Waals surface area contributed by atoms with E-state index in [1.807, 2.05) is 6.42 Å². The topological polar surface area (TPSA) is 113 Å². The number of aryl methyl sites for hydroxylation is 1. The molecule has 1 fully saturated rings. The number of likely N-dealkylation sites (tertiary alicyclic amines) is 1. The maximum Gasteiger partial charge on any atom is 0.314 e. The molecule has 0 aliphatic carbocycles. The number of hydrogen-bond acceptors (Lipinski definition) is 4. The van der Waals surface area contributed by atoms with E-state index in [-0.39, 0.29) is 41.0 Å². The van der Waals surface area contributed by atoms with Crippen LogP contribution in [0.4, 0.5) is 9.18 Å². The second-order valence-electron chi connectivity index (χ2n) is 7.24. The molecule has 1 radical (unpaired) electrons. The zero-order valence-corrected chi connectivity index (χ0v) is 17.7. The Morgan fingerprint density at radius 2 is 1.77 bits per heavy atom. The first-order valence-electron chi connectivity index (χ1n) is 9.59. The molecule has 0 saturated carbocycles. The normalized spacial score (nSPS) is 16.1. The van der Waals surface area contributed by atoms with Gasteiger partial charge in [0.2, 0.25) is 0 Å². The predicted octanol–water partition coefficient (Wildman–Crippen LogP) is 2.97. The molecule has 0 unspecified atom stereocenters. The van der Waals surface area contributed by atoms with E-state index in [0.29, 0.717) is 31.5 Å². The molecule has 1 heterocycles. The molecule has 1 aliphatic rings. The van der Waals surface area contributed by atoms with E-state index in [9.17, 15) is 23.9 Å². The highest BCUT2D eigenvalue weighted by Gasteiger charge is 2.22. The summed E-state index contributed by atoms with van der Waals surface area (Å²) < 4.78 is 14.3.